The number of benzene rings is 1. The van der Waals surface area contributed by atoms with Gasteiger partial charge in [-0.1, -0.05) is 6.92 Å². The van der Waals surface area contributed by atoms with Crippen molar-refractivity contribution in [2.45, 2.75) is 20.4 Å². The van der Waals surface area contributed by atoms with Crippen molar-refractivity contribution in [1.82, 2.24) is 29.9 Å². The van der Waals surface area contributed by atoms with Crippen molar-refractivity contribution in [2.75, 3.05) is 13.7 Å². The second-order valence-electron chi connectivity index (χ2n) is 7.78. The zero-order valence-corrected chi connectivity index (χ0v) is 18.2. The number of pyridine rings is 1. The van der Waals surface area contributed by atoms with Crippen LogP contribution in [0.3, 0.4) is 0 Å². The van der Waals surface area contributed by atoms with Gasteiger partial charge in [-0.05, 0) is 49.2 Å². The van der Waals surface area contributed by atoms with Gasteiger partial charge in [-0.2, -0.15) is 10.2 Å². The van der Waals surface area contributed by atoms with Crippen LogP contribution in [-0.4, -0.2) is 44.1 Å². The molecule has 8 nitrogen and oxygen atoms in total. The summed E-state index contributed by atoms with van der Waals surface area (Å²) >= 11 is 0. The third-order valence-electron chi connectivity index (χ3n) is 5.22. The van der Waals surface area contributed by atoms with Crippen LogP contribution in [0.25, 0.3) is 22.3 Å². The molecule has 1 N–H and O–H groups in total. The van der Waals surface area contributed by atoms with E-state index in [0.717, 1.165) is 28.9 Å². The van der Waals surface area contributed by atoms with Crippen LogP contribution in [0.4, 0.5) is 0 Å². The summed E-state index contributed by atoms with van der Waals surface area (Å²) in [6.45, 7) is 5.34. The Balaban J connectivity index is 1.57. The Morgan fingerprint density at radius 3 is 2.68 bits per heavy atom. The molecular formula is C23H26N6O2. The molecule has 0 aliphatic carbocycles. The molecule has 0 aliphatic rings. The highest BCUT2D eigenvalue weighted by Crippen LogP contribution is 2.26. The van der Waals surface area contributed by atoms with Crippen LogP contribution in [0.1, 0.15) is 23.0 Å². The minimum Gasteiger partial charge on any atom is -0.497 e. The zero-order valence-electron chi connectivity index (χ0n) is 18.2. The summed E-state index contributed by atoms with van der Waals surface area (Å²) in [6.07, 6.45) is 3.64. The van der Waals surface area contributed by atoms with Crippen molar-refractivity contribution in [3.8, 4) is 17.0 Å². The van der Waals surface area contributed by atoms with Gasteiger partial charge < -0.3 is 10.1 Å². The van der Waals surface area contributed by atoms with Crippen molar-refractivity contribution in [1.29, 1.82) is 0 Å². The molecule has 8 heteroatoms. The van der Waals surface area contributed by atoms with Gasteiger partial charge in [-0.15, -0.1) is 0 Å². The fourth-order valence-electron chi connectivity index (χ4n) is 3.52. The Morgan fingerprint density at radius 1 is 1.23 bits per heavy atom. The van der Waals surface area contributed by atoms with E-state index < -0.39 is 0 Å². The summed E-state index contributed by atoms with van der Waals surface area (Å²) in [5, 5.41) is 12.5. The van der Waals surface area contributed by atoms with Gasteiger partial charge in [0.25, 0.3) is 5.91 Å². The van der Waals surface area contributed by atoms with E-state index in [-0.39, 0.29) is 11.8 Å². The molecule has 0 spiro atoms. The predicted octanol–water partition coefficient (Wildman–Crippen LogP) is 3.21. The van der Waals surface area contributed by atoms with Gasteiger partial charge >= 0.3 is 0 Å². The molecular weight excluding hydrogens is 392 g/mol. The first kappa shape index (κ1) is 20.6. The Morgan fingerprint density at radius 2 is 2.00 bits per heavy atom. The molecule has 1 atom stereocenters. The van der Waals surface area contributed by atoms with Crippen molar-refractivity contribution in [2.24, 2.45) is 13.0 Å². The van der Waals surface area contributed by atoms with E-state index in [4.69, 9.17) is 9.72 Å². The van der Waals surface area contributed by atoms with Gasteiger partial charge in [-0.3, -0.25) is 14.2 Å². The summed E-state index contributed by atoms with van der Waals surface area (Å²) in [7, 11) is 3.45. The molecule has 0 saturated carbocycles. The number of rotatable bonds is 7. The second-order valence-corrected chi connectivity index (χ2v) is 7.78. The zero-order chi connectivity index (χ0) is 22.0. The normalized spacial score (nSPS) is 12.1. The highest BCUT2D eigenvalue weighted by atomic mass is 16.5. The van der Waals surface area contributed by atoms with Crippen LogP contribution in [0, 0.1) is 12.8 Å². The van der Waals surface area contributed by atoms with Crippen LogP contribution in [0.5, 0.6) is 5.75 Å². The van der Waals surface area contributed by atoms with E-state index in [2.05, 4.69) is 22.4 Å². The third-order valence-corrected chi connectivity index (χ3v) is 5.22. The highest BCUT2D eigenvalue weighted by molar-refractivity contribution is 6.06. The summed E-state index contributed by atoms with van der Waals surface area (Å²) in [4.78, 5) is 17.8. The Labute approximate surface area is 180 Å². The molecule has 4 rings (SSSR count). The van der Waals surface area contributed by atoms with Crippen molar-refractivity contribution < 1.29 is 9.53 Å². The monoisotopic (exact) mass is 418 g/mol. The van der Waals surface area contributed by atoms with E-state index >= 15 is 0 Å². The molecule has 0 aliphatic heterocycles. The van der Waals surface area contributed by atoms with Crippen LogP contribution in [0.2, 0.25) is 0 Å². The fraction of sp³-hybridized carbons (Fsp3) is 0.304. The maximum Gasteiger partial charge on any atom is 0.252 e. The van der Waals surface area contributed by atoms with E-state index in [9.17, 15) is 4.79 Å². The number of hydrogen-bond donors (Lipinski definition) is 1. The quantitative estimate of drug-likeness (QED) is 0.498. The maximum atomic E-state index is 13.1. The lowest BCUT2D eigenvalue weighted by molar-refractivity contribution is 0.0948. The lowest BCUT2D eigenvalue weighted by Gasteiger charge is -2.14. The van der Waals surface area contributed by atoms with Crippen LogP contribution in [-0.2, 0) is 13.6 Å². The summed E-state index contributed by atoms with van der Waals surface area (Å²) < 4.78 is 8.82. The number of carbonyl (C=O) groups excluding carboxylic acids is 1. The van der Waals surface area contributed by atoms with Gasteiger partial charge in [0.1, 0.15) is 5.75 Å². The largest absolute Gasteiger partial charge is 0.497 e. The minimum absolute atomic E-state index is 0.140. The van der Waals surface area contributed by atoms with Gasteiger partial charge in [0.2, 0.25) is 0 Å². The molecule has 31 heavy (non-hydrogen) atoms. The van der Waals surface area contributed by atoms with Crippen molar-refractivity contribution in [3.05, 3.63) is 60.0 Å². The number of fused-ring (bicyclic) bond motifs is 1. The van der Waals surface area contributed by atoms with Gasteiger partial charge in [0, 0.05) is 31.9 Å². The second kappa shape index (κ2) is 8.59. The average molecular weight is 419 g/mol. The summed E-state index contributed by atoms with van der Waals surface area (Å²) in [6, 6.07) is 11.4. The van der Waals surface area contributed by atoms with Crippen molar-refractivity contribution >= 4 is 16.9 Å². The van der Waals surface area contributed by atoms with Gasteiger partial charge in [0.05, 0.1) is 35.6 Å². The minimum atomic E-state index is -0.140. The van der Waals surface area contributed by atoms with E-state index in [1.54, 1.807) is 18.0 Å². The first-order valence-corrected chi connectivity index (χ1v) is 10.2. The third kappa shape index (κ3) is 4.42. The van der Waals surface area contributed by atoms with E-state index in [1.807, 2.05) is 61.2 Å². The summed E-state index contributed by atoms with van der Waals surface area (Å²) in [5.74, 6) is 0.860. The van der Waals surface area contributed by atoms with E-state index in [0.29, 0.717) is 23.4 Å². The Bertz CT molecular complexity index is 1210. The topological polar surface area (TPSA) is 86.9 Å². The van der Waals surface area contributed by atoms with Crippen molar-refractivity contribution in [3.63, 3.8) is 0 Å². The number of hydrogen-bond acceptors (Lipinski definition) is 5. The Hall–Kier alpha value is -3.68. The highest BCUT2D eigenvalue weighted by Gasteiger charge is 2.17. The first-order valence-electron chi connectivity index (χ1n) is 10.2. The fourth-order valence-corrected chi connectivity index (χ4v) is 3.52. The lowest BCUT2D eigenvalue weighted by atomic mass is 10.1. The molecule has 160 valence electrons. The summed E-state index contributed by atoms with van der Waals surface area (Å²) in [5.41, 5.74) is 3.83. The molecule has 4 aromatic rings. The molecule has 0 fully saturated rings. The molecule has 3 aromatic heterocycles. The number of amides is 1. The average Bonchev–Trinajstić information content (AvgIpc) is 3.36. The molecule has 0 bridgehead atoms. The number of carbonyl (C=O) groups is 1. The maximum absolute atomic E-state index is 13.1. The number of aryl methyl sites for hydroxylation is 2. The molecule has 0 saturated heterocycles. The van der Waals surface area contributed by atoms with E-state index in [1.165, 1.54) is 0 Å². The SMILES string of the molecule is COc1ccc(-c2cc(C(=O)NC[C@H](C)Cn3ccc(C)n3)c3cnn(C)c3n2)cc1. The number of aromatic nitrogens is 5. The molecule has 1 amide bonds. The lowest BCUT2D eigenvalue weighted by Crippen LogP contribution is -2.30. The first-order chi connectivity index (χ1) is 14.9. The smallest absolute Gasteiger partial charge is 0.252 e. The molecule has 1 aromatic carbocycles. The van der Waals surface area contributed by atoms with Crippen LogP contribution >= 0.6 is 0 Å². The number of methoxy groups -OCH3 is 1. The molecule has 0 radical (unpaired) electrons. The number of ether oxygens (including phenoxy) is 1. The number of nitrogens with one attached hydrogen (secondary N) is 1. The number of nitrogens with zero attached hydrogens (tertiary/aromatic N) is 5. The van der Waals surface area contributed by atoms with Crippen LogP contribution in [0.15, 0.2) is 48.8 Å². The Kier molecular flexibility index (Phi) is 5.70. The molecule has 3 heterocycles. The molecule has 0 unspecified atom stereocenters. The van der Waals surface area contributed by atoms with Gasteiger partial charge in [0.15, 0.2) is 5.65 Å². The van der Waals surface area contributed by atoms with Gasteiger partial charge in [-0.25, -0.2) is 4.98 Å². The predicted molar refractivity (Wildman–Crippen MR) is 119 cm³/mol. The van der Waals surface area contributed by atoms with Crippen LogP contribution < -0.4 is 10.1 Å². The standard InChI is InChI=1S/C23H26N6O2/c1-15(14-29-10-9-16(2)27-29)12-24-23(30)19-11-21(17-5-7-18(31-4)8-6-17)26-22-20(19)13-25-28(22)3/h5-11,13,15H,12,14H2,1-4H3,(H,24,30)/t15-/m0/s1.